The number of furan rings is 1. The molecule has 0 aliphatic heterocycles. The molecule has 0 bridgehead atoms. The summed E-state index contributed by atoms with van der Waals surface area (Å²) in [7, 11) is 0. The van der Waals surface area contributed by atoms with Gasteiger partial charge in [0.05, 0.1) is 0 Å². The number of carbonyl (C=O) groups is 1. The lowest BCUT2D eigenvalue weighted by Crippen LogP contribution is -2.00. The van der Waals surface area contributed by atoms with Crippen molar-refractivity contribution >= 4 is 16.9 Å². The van der Waals surface area contributed by atoms with Crippen molar-refractivity contribution in [2.45, 2.75) is 13.8 Å². The molecule has 0 saturated heterocycles. The topological polar surface area (TPSA) is 39.4 Å². The Bertz CT molecular complexity index is 482. The summed E-state index contributed by atoms with van der Waals surface area (Å²) in [5, 5.41) is 1.01. The molecule has 72 valence electrons. The quantitative estimate of drug-likeness (QED) is 0.512. The van der Waals surface area contributed by atoms with E-state index in [4.69, 9.17) is 9.15 Å². The number of hydrogen-bond donors (Lipinski definition) is 0. The third-order valence-electron chi connectivity index (χ3n) is 1.88. The van der Waals surface area contributed by atoms with Gasteiger partial charge in [-0.3, -0.25) is 4.79 Å². The van der Waals surface area contributed by atoms with E-state index >= 15 is 0 Å². The number of benzene rings is 1. The minimum atomic E-state index is -0.326. The summed E-state index contributed by atoms with van der Waals surface area (Å²) < 4.78 is 10.3. The molecule has 0 N–H and O–H groups in total. The van der Waals surface area contributed by atoms with Gasteiger partial charge in [0.2, 0.25) is 0 Å². The third-order valence-corrected chi connectivity index (χ3v) is 1.88. The predicted molar refractivity (Wildman–Crippen MR) is 52.3 cm³/mol. The normalized spacial score (nSPS) is 10.4. The molecule has 0 saturated carbocycles. The van der Waals surface area contributed by atoms with Crippen molar-refractivity contribution in [3.8, 4) is 5.75 Å². The van der Waals surface area contributed by atoms with Crippen LogP contribution < -0.4 is 4.74 Å². The van der Waals surface area contributed by atoms with Gasteiger partial charge >= 0.3 is 5.97 Å². The van der Waals surface area contributed by atoms with Crippen molar-refractivity contribution in [1.82, 2.24) is 0 Å². The smallest absolute Gasteiger partial charge is 0.308 e. The third kappa shape index (κ3) is 1.62. The summed E-state index contributed by atoms with van der Waals surface area (Å²) in [5.41, 5.74) is 0.737. The van der Waals surface area contributed by atoms with Crippen LogP contribution in [0.3, 0.4) is 0 Å². The van der Waals surface area contributed by atoms with Crippen LogP contribution in [-0.4, -0.2) is 5.97 Å². The van der Waals surface area contributed by atoms with Crippen molar-refractivity contribution < 1.29 is 13.9 Å². The predicted octanol–water partition coefficient (Wildman–Crippen LogP) is 2.67. The molecule has 3 heteroatoms. The Morgan fingerprint density at radius 1 is 1.36 bits per heavy atom. The van der Waals surface area contributed by atoms with Crippen LogP contribution in [0.5, 0.6) is 5.75 Å². The highest BCUT2D eigenvalue weighted by atomic mass is 16.5. The van der Waals surface area contributed by atoms with E-state index in [0.717, 1.165) is 16.7 Å². The van der Waals surface area contributed by atoms with E-state index in [2.05, 4.69) is 0 Å². The Kier molecular flexibility index (Phi) is 2.00. The highest BCUT2D eigenvalue weighted by Crippen LogP contribution is 2.23. The van der Waals surface area contributed by atoms with Gasteiger partial charge in [0.25, 0.3) is 0 Å². The number of ether oxygens (including phenoxy) is 1. The maximum atomic E-state index is 10.7. The fraction of sp³-hybridized carbons (Fsp3) is 0.182. The van der Waals surface area contributed by atoms with E-state index in [1.54, 1.807) is 12.1 Å². The second kappa shape index (κ2) is 3.18. The zero-order valence-corrected chi connectivity index (χ0v) is 8.03. The molecule has 0 spiro atoms. The van der Waals surface area contributed by atoms with Gasteiger partial charge in [0.15, 0.2) is 0 Å². The zero-order valence-electron chi connectivity index (χ0n) is 8.03. The number of rotatable bonds is 1. The second-order valence-corrected chi connectivity index (χ2v) is 3.15. The van der Waals surface area contributed by atoms with Crippen molar-refractivity contribution in [2.24, 2.45) is 0 Å². The molecule has 0 atom stereocenters. The number of hydrogen-bond acceptors (Lipinski definition) is 3. The first-order valence-corrected chi connectivity index (χ1v) is 4.34. The summed E-state index contributed by atoms with van der Waals surface area (Å²) in [6, 6.07) is 7.26. The second-order valence-electron chi connectivity index (χ2n) is 3.15. The molecule has 0 aliphatic carbocycles. The fourth-order valence-electron chi connectivity index (χ4n) is 1.37. The summed E-state index contributed by atoms with van der Waals surface area (Å²) in [4.78, 5) is 10.7. The van der Waals surface area contributed by atoms with Gasteiger partial charge in [-0.25, -0.2) is 0 Å². The first kappa shape index (κ1) is 8.81. The van der Waals surface area contributed by atoms with Gasteiger partial charge in [-0.2, -0.15) is 0 Å². The maximum absolute atomic E-state index is 10.7. The van der Waals surface area contributed by atoms with Crippen molar-refractivity contribution in [2.75, 3.05) is 0 Å². The molecule has 0 amide bonds. The van der Waals surface area contributed by atoms with Gasteiger partial charge in [-0.15, -0.1) is 0 Å². The Hall–Kier alpha value is -1.77. The van der Waals surface area contributed by atoms with Crippen LogP contribution in [0.1, 0.15) is 12.7 Å². The van der Waals surface area contributed by atoms with E-state index < -0.39 is 0 Å². The van der Waals surface area contributed by atoms with E-state index in [1.807, 2.05) is 19.1 Å². The number of carbonyl (C=O) groups excluding carboxylic acids is 1. The average Bonchev–Trinajstić information content (AvgIpc) is 2.42. The van der Waals surface area contributed by atoms with E-state index in [-0.39, 0.29) is 5.97 Å². The van der Waals surface area contributed by atoms with Crippen LogP contribution in [0.2, 0.25) is 0 Å². The average molecular weight is 190 g/mol. The largest absolute Gasteiger partial charge is 0.461 e. The summed E-state index contributed by atoms with van der Waals surface area (Å²) in [6.45, 7) is 3.25. The van der Waals surface area contributed by atoms with Crippen molar-refractivity contribution in [1.29, 1.82) is 0 Å². The van der Waals surface area contributed by atoms with Crippen molar-refractivity contribution in [3.63, 3.8) is 0 Å². The summed E-state index contributed by atoms with van der Waals surface area (Å²) in [5.74, 6) is 1.03. The monoisotopic (exact) mass is 190 g/mol. The van der Waals surface area contributed by atoms with Gasteiger partial charge < -0.3 is 9.15 Å². The zero-order chi connectivity index (χ0) is 10.1. The van der Waals surface area contributed by atoms with Crippen LogP contribution in [-0.2, 0) is 4.79 Å². The summed E-state index contributed by atoms with van der Waals surface area (Å²) >= 11 is 0. The van der Waals surface area contributed by atoms with Gasteiger partial charge in [-0.05, 0) is 25.1 Å². The first-order valence-electron chi connectivity index (χ1n) is 4.34. The molecular weight excluding hydrogens is 180 g/mol. The van der Waals surface area contributed by atoms with Gasteiger partial charge in [0.1, 0.15) is 17.1 Å². The van der Waals surface area contributed by atoms with E-state index in [1.165, 1.54) is 6.92 Å². The molecular formula is C11H10O3. The first-order chi connectivity index (χ1) is 6.65. The highest BCUT2D eigenvalue weighted by Gasteiger charge is 2.03. The van der Waals surface area contributed by atoms with Gasteiger partial charge in [-0.1, -0.05) is 0 Å². The van der Waals surface area contributed by atoms with Crippen LogP contribution in [0.4, 0.5) is 0 Å². The molecule has 1 aromatic heterocycles. The molecule has 0 aliphatic rings. The standard InChI is InChI=1S/C11H10O3/c1-7-5-9-3-4-10(14-8(2)12)6-11(9)13-7/h3-6H,1-2H3. The number of esters is 1. The Morgan fingerprint density at radius 2 is 2.14 bits per heavy atom. The summed E-state index contributed by atoms with van der Waals surface area (Å²) in [6.07, 6.45) is 0. The SMILES string of the molecule is CC(=O)Oc1ccc2cc(C)oc2c1. The minimum Gasteiger partial charge on any atom is -0.461 e. The lowest BCUT2D eigenvalue weighted by atomic mass is 10.2. The number of aryl methyl sites for hydroxylation is 1. The Balaban J connectivity index is 2.45. The Morgan fingerprint density at radius 3 is 2.86 bits per heavy atom. The minimum absolute atomic E-state index is 0.326. The lowest BCUT2D eigenvalue weighted by Gasteiger charge is -1.99. The highest BCUT2D eigenvalue weighted by molar-refractivity contribution is 5.80. The van der Waals surface area contributed by atoms with Crippen LogP contribution in [0.25, 0.3) is 11.0 Å². The molecule has 1 heterocycles. The molecule has 14 heavy (non-hydrogen) atoms. The molecule has 0 radical (unpaired) electrons. The molecule has 0 unspecified atom stereocenters. The molecule has 0 fully saturated rings. The molecule has 1 aromatic carbocycles. The van der Waals surface area contributed by atoms with Crippen molar-refractivity contribution in [3.05, 3.63) is 30.0 Å². The fourth-order valence-corrected chi connectivity index (χ4v) is 1.37. The number of fused-ring (bicyclic) bond motifs is 1. The molecule has 2 rings (SSSR count). The van der Waals surface area contributed by atoms with Crippen LogP contribution in [0, 0.1) is 6.92 Å². The van der Waals surface area contributed by atoms with Gasteiger partial charge in [0, 0.05) is 18.4 Å². The molecule has 2 aromatic rings. The molecule has 3 nitrogen and oxygen atoms in total. The lowest BCUT2D eigenvalue weighted by molar-refractivity contribution is -0.131. The van der Waals surface area contributed by atoms with E-state index in [0.29, 0.717) is 5.75 Å². The Labute approximate surface area is 81.3 Å². The maximum Gasteiger partial charge on any atom is 0.308 e. The van der Waals surface area contributed by atoms with Crippen LogP contribution in [0.15, 0.2) is 28.7 Å². The van der Waals surface area contributed by atoms with Crippen LogP contribution >= 0.6 is 0 Å². The van der Waals surface area contributed by atoms with E-state index in [9.17, 15) is 4.79 Å².